The Bertz CT molecular complexity index is 565. The van der Waals surface area contributed by atoms with Gasteiger partial charge in [0.1, 0.15) is 0 Å². The second kappa shape index (κ2) is 4.03. The van der Waals surface area contributed by atoms with Crippen LogP contribution in [0.3, 0.4) is 0 Å². The van der Waals surface area contributed by atoms with Crippen LogP contribution in [0.25, 0.3) is 0 Å². The molecule has 5 nitrogen and oxygen atoms in total. The largest absolute Gasteiger partial charge is 0.478 e. The van der Waals surface area contributed by atoms with E-state index in [-0.39, 0.29) is 11.3 Å². The quantitative estimate of drug-likeness (QED) is 0.862. The Labute approximate surface area is 99.7 Å². The standard InChI is InChI=1S/C11H13NO4S/c1-8-7-9(3-4-10(8)11(13)14)12-5-2-6-17(12,15)16/h3-4,7H,2,5-6H2,1H3,(H,13,14). The molecule has 2 rings (SSSR count). The van der Waals surface area contributed by atoms with Gasteiger partial charge in [0, 0.05) is 6.54 Å². The lowest BCUT2D eigenvalue weighted by Gasteiger charge is -2.17. The number of sulfonamides is 1. The highest BCUT2D eigenvalue weighted by atomic mass is 32.2. The van der Waals surface area contributed by atoms with Crippen molar-refractivity contribution in [2.75, 3.05) is 16.6 Å². The van der Waals surface area contributed by atoms with Crippen LogP contribution in [0.5, 0.6) is 0 Å². The predicted octanol–water partition coefficient (Wildman–Crippen LogP) is 1.23. The zero-order valence-electron chi connectivity index (χ0n) is 9.38. The van der Waals surface area contributed by atoms with E-state index in [1.807, 2.05) is 0 Å². The van der Waals surface area contributed by atoms with Crippen LogP contribution >= 0.6 is 0 Å². The molecule has 0 aromatic heterocycles. The Morgan fingerprint density at radius 2 is 2.12 bits per heavy atom. The molecule has 0 unspecified atom stereocenters. The number of anilines is 1. The average molecular weight is 255 g/mol. The molecule has 0 bridgehead atoms. The highest BCUT2D eigenvalue weighted by molar-refractivity contribution is 7.93. The van der Waals surface area contributed by atoms with Gasteiger partial charge in [-0.05, 0) is 37.1 Å². The number of carboxylic acid groups (broad SMARTS) is 1. The summed E-state index contributed by atoms with van der Waals surface area (Å²) in [6.07, 6.45) is 0.613. The molecule has 1 heterocycles. The molecule has 0 amide bonds. The Kier molecular flexibility index (Phi) is 2.82. The number of benzene rings is 1. The first-order valence-corrected chi connectivity index (χ1v) is 6.87. The Morgan fingerprint density at radius 3 is 2.59 bits per heavy atom. The first-order valence-electron chi connectivity index (χ1n) is 5.26. The van der Waals surface area contributed by atoms with Crippen molar-refractivity contribution in [3.05, 3.63) is 29.3 Å². The topological polar surface area (TPSA) is 74.7 Å². The number of hydrogen-bond acceptors (Lipinski definition) is 3. The minimum atomic E-state index is -3.20. The summed E-state index contributed by atoms with van der Waals surface area (Å²) in [5.41, 5.74) is 1.31. The number of rotatable bonds is 2. The number of carboxylic acids is 1. The fourth-order valence-corrected chi connectivity index (χ4v) is 3.53. The van der Waals surface area contributed by atoms with Gasteiger partial charge < -0.3 is 5.11 Å². The molecular weight excluding hydrogens is 242 g/mol. The zero-order chi connectivity index (χ0) is 12.6. The third kappa shape index (κ3) is 2.12. The van der Waals surface area contributed by atoms with Crippen LogP contribution in [0, 0.1) is 6.92 Å². The van der Waals surface area contributed by atoms with Gasteiger partial charge in [0.15, 0.2) is 0 Å². The molecule has 0 spiro atoms. The Hall–Kier alpha value is -1.56. The van der Waals surface area contributed by atoms with Gasteiger partial charge in [-0.3, -0.25) is 4.31 Å². The van der Waals surface area contributed by atoms with E-state index in [9.17, 15) is 13.2 Å². The molecule has 1 aliphatic rings. The minimum Gasteiger partial charge on any atom is -0.478 e. The van der Waals surface area contributed by atoms with Gasteiger partial charge >= 0.3 is 5.97 Å². The van der Waals surface area contributed by atoms with Crippen LogP contribution in [0.4, 0.5) is 5.69 Å². The molecule has 0 aliphatic carbocycles. The van der Waals surface area contributed by atoms with Crippen molar-refractivity contribution in [1.82, 2.24) is 0 Å². The number of hydrogen-bond donors (Lipinski definition) is 1. The van der Waals surface area contributed by atoms with Gasteiger partial charge in [0.05, 0.1) is 17.0 Å². The van der Waals surface area contributed by atoms with E-state index >= 15 is 0 Å². The summed E-state index contributed by atoms with van der Waals surface area (Å²) >= 11 is 0. The molecule has 1 N–H and O–H groups in total. The maximum Gasteiger partial charge on any atom is 0.335 e. The lowest BCUT2D eigenvalue weighted by molar-refractivity contribution is 0.0696. The molecule has 0 radical (unpaired) electrons. The molecule has 0 atom stereocenters. The van der Waals surface area contributed by atoms with E-state index in [2.05, 4.69) is 0 Å². The molecular formula is C11H13NO4S. The van der Waals surface area contributed by atoms with Crippen molar-refractivity contribution >= 4 is 21.7 Å². The maximum atomic E-state index is 11.7. The smallest absolute Gasteiger partial charge is 0.335 e. The first kappa shape index (κ1) is 11.9. The van der Waals surface area contributed by atoms with Gasteiger partial charge in [0.25, 0.3) is 0 Å². The lowest BCUT2D eigenvalue weighted by atomic mass is 10.1. The summed E-state index contributed by atoms with van der Waals surface area (Å²) in [5, 5.41) is 8.89. The predicted molar refractivity (Wildman–Crippen MR) is 63.9 cm³/mol. The van der Waals surface area contributed by atoms with Gasteiger partial charge in [-0.15, -0.1) is 0 Å². The van der Waals surface area contributed by atoms with E-state index in [1.165, 1.54) is 10.4 Å². The van der Waals surface area contributed by atoms with E-state index < -0.39 is 16.0 Å². The molecule has 1 aromatic rings. The van der Waals surface area contributed by atoms with Crippen molar-refractivity contribution in [3.63, 3.8) is 0 Å². The Morgan fingerprint density at radius 1 is 1.41 bits per heavy atom. The van der Waals surface area contributed by atoms with Crippen LogP contribution in [0.1, 0.15) is 22.3 Å². The molecule has 17 heavy (non-hydrogen) atoms. The third-order valence-electron chi connectivity index (χ3n) is 2.83. The molecule has 6 heteroatoms. The van der Waals surface area contributed by atoms with Crippen molar-refractivity contribution < 1.29 is 18.3 Å². The monoisotopic (exact) mass is 255 g/mol. The first-order chi connectivity index (χ1) is 7.92. The van der Waals surface area contributed by atoms with Crippen LogP contribution in [-0.4, -0.2) is 31.8 Å². The number of aryl methyl sites for hydroxylation is 1. The van der Waals surface area contributed by atoms with Gasteiger partial charge in [-0.2, -0.15) is 0 Å². The number of carbonyl (C=O) groups is 1. The zero-order valence-corrected chi connectivity index (χ0v) is 10.2. The molecule has 0 saturated carbocycles. The SMILES string of the molecule is Cc1cc(N2CCCS2(=O)=O)ccc1C(=O)O. The summed E-state index contributed by atoms with van der Waals surface area (Å²) in [5.74, 6) is -0.842. The summed E-state index contributed by atoms with van der Waals surface area (Å²) in [4.78, 5) is 10.8. The van der Waals surface area contributed by atoms with Crippen molar-refractivity contribution in [2.45, 2.75) is 13.3 Å². The molecule has 1 saturated heterocycles. The maximum absolute atomic E-state index is 11.7. The van der Waals surface area contributed by atoms with E-state index in [1.54, 1.807) is 19.1 Å². The lowest BCUT2D eigenvalue weighted by Crippen LogP contribution is -2.25. The van der Waals surface area contributed by atoms with Crippen molar-refractivity contribution in [3.8, 4) is 0 Å². The molecule has 1 aromatic carbocycles. The van der Waals surface area contributed by atoms with E-state index in [0.29, 0.717) is 24.2 Å². The van der Waals surface area contributed by atoms with Crippen LogP contribution < -0.4 is 4.31 Å². The highest BCUT2D eigenvalue weighted by Gasteiger charge is 2.28. The summed E-state index contributed by atoms with van der Waals surface area (Å²) in [6.45, 7) is 2.13. The van der Waals surface area contributed by atoms with Crippen molar-refractivity contribution in [2.24, 2.45) is 0 Å². The van der Waals surface area contributed by atoms with E-state index in [4.69, 9.17) is 5.11 Å². The van der Waals surface area contributed by atoms with Crippen molar-refractivity contribution in [1.29, 1.82) is 0 Å². The summed E-state index contributed by atoms with van der Waals surface area (Å²) in [6, 6.07) is 4.59. The molecule has 92 valence electrons. The summed E-state index contributed by atoms with van der Waals surface area (Å²) < 4.78 is 24.7. The van der Waals surface area contributed by atoms with Crippen LogP contribution in [0.2, 0.25) is 0 Å². The minimum absolute atomic E-state index is 0.159. The van der Waals surface area contributed by atoms with Gasteiger partial charge in [-0.1, -0.05) is 0 Å². The normalized spacial score (nSPS) is 18.3. The van der Waals surface area contributed by atoms with Crippen LogP contribution in [0.15, 0.2) is 18.2 Å². The van der Waals surface area contributed by atoms with E-state index in [0.717, 1.165) is 0 Å². The fourth-order valence-electron chi connectivity index (χ4n) is 1.97. The average Bonchev–Trinajstić information content (AvgIpc) is 2.57. The Balaban J connectivity index is 2.42. The number of nitrogens with zero attached hydrogens (tertiary/aromatic N) is 1. The highest BCUT2D eigenvalue weighted by Crippen LogP contribution is 2.26. The molecule has 1 aliphatic heterocycles. The second-order valence-electron chi connectivity index (χ2n) is 4.05. The second-order valence-corrected chi connectivity index (χ2v) is 6.06. The fraction of sp³-hybridized carbons (Fsp3) is 0.364. The van der Waals surface area contributed by atoms with Crippen LogP contribution in [-0.2, 0) is 10.0 Å². The summed E-state index contributed by atoms with van der Waals surface area (Å²) in [7, 11) is -3.20. The van der Waals surface area contributed by atoms with Gasteiger partial charge in [-0.25, -0.2) is 13.2 Å². The van der Waals surface area contributed by atoms with Gasteiger partial charge in [0.2, 0.25) is 10.0 Å². The molecule has 1 fully saturated rings. The number of aromatic carboxylic acids is 1. The third-order valence-corrected chi connectivity index (χ3v) is 4.70.